The number of nitrogen functional groups attached to an aromatic ring is 1. The van der Waals surface area contributed by atoms with E-state index in [2.05, 4.69) is 64.7 Å². The molecule has 1 aliphatic rings. The zero-order valence-corrected chi connectivity index (χ0v) is 30.6. The smallest absolute Gasteiger partial charge is 0.305 e. The number of benzene rings is 1. The molecule has 0 spiro atoms. The molecule has 0 atom stereocenters. The van der Waals surface area contributed by atoms with Gasteiger partial charge in [0.05, 0.1) is 7.11 Å². The Morgan fingerprint density at radius 2 is 1.51 bits per heavy atom. The van der Waals surface area contributed by atoms with Crippen LogP contribution in [0.4, 0.5) is 11.4 Å². The van der Waals surface area contributed by atoms with Crippen molar-refractivity contribution in [3.63, 3.8) is 0 Å². The van der Waals surface area contributed by atoms with Crippen molar-refractivity contribution in [3.05, 3.63) is 60.7 Å². The van der Waals surface area contributed by atoms with Crippen LogP contribution in [0.15, 0.2) is 60.7 Å². The van der Waals surface area contributed by atoms with E-state index in [1.54, 1.807) is 27.7 Å². The third kappa shape index (κ3) is 37.8. The lowest BCUT2D eigenvalue weighted by Gasteiger charge is -2.34. The molecular weight excluding hydrogens is 577 g/mol. The lowest BCUT2D eigenvalue weighted by molar-refractivity contribution is -0.140. The minimum absolute atomic E-state index is 0.142. The average molecular weight is 641 g/mol. The first kappa shape index (κ1) is 47.7. The Bertz CT molecular complexity index is 795. The molecule has 1 aromatic rings. The summed E-state index contributed by atoms with van der Waals surface area (Å²) in [6.45, 7) is 19.9. The standard InChI is InChI=1S/C11H17N3.C9H16O3S2.C7H12.C3H6.C2H7N.C2H6/c1-13-6-8-14(9-7-13)11-4-2-10(12)3-5-11;1-12-9(11)5-4-8-14-13-7-3-2-6-10;1-4-6-7(3)5-2;2*1-3-2;1-2/h2-5H,6-9,12H2,1H3;6H,2-5,7-8H2,1H3;4-6H,1-3H3;3H,1H2,2H3;3H,1-2H3;1-2H3/b;;6-4+,7-5-;;;. The summed E-state index contributed by atoms with van der Waals surface area (Å²) >= 11 is 0. The molecule has 1 aliphatic heterocycles. The normalized spacial score (nSPS) is 12.2. The molecule has 0 aromatic heterocycles. The van der Waals surface area contributed by atoms with Crippen LogP contribution in [0.5, 0.6) is 0 Å². The van der Waals surface area contributed by atoms with Gasteiger partial charge in [0, 0.05) is 61.9 Å². The minimum Gasteiger partial charge on any atom is -0.469 e. The van der Waals surface area contributed by atoms with Gasteiger partial charge in [0.1, 0.15) is 6.29 Å². The number of aldehydes is 1. The molecule has 7 nitrogen and oxygen atoms in total. The first-order valence-electron chi connectivity index (χ1n) is 15.2. The van der Waals surface area contributed by atoms with Crippen LogP contribution in [0.2, 0.25) is 0 Å². The van der Waals surface area contributed by atoms with Crippen molar-refractivity contribution in [1.82, 2.24) is 10.2 Å². The topological polar surface area (TPSA) is 87.9 Å². The Kier molecular flexibility index (Phi) is 44.2. The molecule has 43 heavy (non-hydrogen) atoms. The molecule has 0 aliphatic carbocycles. The molecule has 250 valence electrons. The highest BCUT2D eigenvalue weighted by Gasteiger charge is 2.13. The Balaban J connectivity index is -0.000000245. The Hall–Kier alpha value is -2.20. The first-order valence-corrected chi connectivity index (χ1v) is 17.6. The van der Waals surface area contributed by atoms with E-state index < -0.39 is 0 Å². The average Bonchev–Trinajstić information content (AvgIpc) is 3.02. The number of rotatable bonds is 11. The highest BCUT2D eigenvalue weighted by molar-refractivity contribution is 8.76. The number of carbonyl (C=O) groups is 2. The number of esters is 1. The summed E-state index contributed by atoms with van der Waals surface area (Å²) in [5.41, 5.74) is 9.09. The molecule has 0 radical (unpaired) electrons. The Labute approximate surface area is 273 Å². The number of carbonyl (C=O) groups excluding carboxylic acids is 2. The van der Waals surface area contributed by atoms with Crippen molar-refractivity contribution >= 4 is 45.2 Å². The van der Waals surface area contributed by atoms with E-state index in [-0.39, 0.29) is 5.97 Å². The van der Waals surface area contributed by atoms with Crippen molar-refractivity contribution in [2.45, 2.75) is 67.2 Å². The van der Waals surface area contributed by atoms with E-state index in [0.717, 1.165) is 62.5 Å². The van der Waals surface area contributed by atoms with Gasteiger partial charge >= 0.3 is 5.97 Å². The van der Waals surface area contributed by atoms with E-state index in [0.29, 0.717) is 12.8 Å². The van der Waals surface area contributed by atoms with Crippen LogP contribution in [0, 0.1) is 0 Å². The van der Waals surface area contributed by atoms with Crippen LogP contribution in [-0.2, 0) is 14.3 Å². The number of nitrogens with two attached hydrogens (primary N) is 1. The highest BCUT2D eigenvalue weighted by Crippen LogP contribution is 2.23. The fourth-order valence-corrected chi connectivity index (χ4v) is 5.03. The molecule has 0 bridgehead atoms. The molecule has 1 heterocycles. The number of hydrogen-bond donors (Lipinski definition) is 2. The first-order chi connectivity index (χ1) is 20.7. The van der Waals surface area contributed by atoms with E-state index in [1.807, 2.05) is 66.9 Å². The van der Waals surface area contributed by atoms with Gasteiger partial charge in [0.15, 0.2) is 0 Å². The minimum atomic E-state index is -0.142. The number of likely N-dealkylation sites (N-methyl/N-ethyl adjacent to an activating group) is 1. The maximum Gasteiger partial charge on any atom is 0.305 e. The summed E-state index contributed by atoms with van der Waals surface area (Å²) in [4.78, 5) is 25.4. The number of nitrogens with one attached hydrogen (secondary N) is 1. The number of unbranched alkanes of at least 4 members (excludes halogenated alkanes) is 1. The molecule has 1 aromatic carbocycles. The molecule has 1 fully saturated rings. The number of piperazine rings is 1. The van der Waals surface area contributed by atoms with E-state index in [9.17, 15) is 9.59 Å². The molecular formula is C34H64N4O3S2. The van der Waals surface area contributed by atoms with E-state index >= 15 is 0 Å². The van der Waals surface area contributed by atoms with Gasteiger partial charge in [-0.15, -0.1) is 6.58 Å². The second-order valence-electron chi connectivity index (χ2n) is 8.96. The largest absolute Gasteiger partial charge is 0.469 e. The number of ether oxygens (including phenoxy) is 1. The summed E-state index contributed by atoms with van der Waals surface area (Å²) < 4.78 is 4.52. The van der Waals surface area contributed by atoms with Crippen LogP contribution in [0.25, 0.3) is 0 Å². The molecule has 0 amide bonds. The van der Waals surface area contributed by atoms with E-state index in [4.69, 9.17) is 5.73 Å². The number of methoxy groups -OCH3 is 1. The van der Waals surface area contributed by atoms with Crippen molar-refractivity contribution < 1.29 is 14.3 Å². The molecule has 1 saturated heterocycles. The lowest BCUT2D eigenvalue weighted by Crippen LogP contribution is -2.44. The van der Waals surface area contributed by atoms with Gasteiger partial charge in [-0.05, 0) is 85.9 Å². The van der Waals surface area contributed by atoms with Gasteiger partial charge in [-0.2, -0.15) is 0 Å². The van der Waals surface area contributed by atoms with Crippen molar-refractivity contribution in [3.8, 4) is 0 Å². The van der Waals surface area contributed by atoms with Crippen LogP contribution < -0.4 is 16.0 Å². The second kappa shape index (κ2) is 39.8. The highest BCUT2D eigenvalue weighted by atomic mass is 33.1. The van der Waals surface area contributed by atoms with Crippen molar-refractivity contribution in [2.75, 3.05) is 76.6 Å². The van der Waals surface area contributed by atoms with Crippen LogP contribution in [0.3, 0.4) is 0 Å². The summed E-state index contributed by atoms with van der Waals surface area (Å²) in [7, 11) is 10.8. The monoisotopic (exact) mass is 640 g/mol. The van der Waals surface area contributed by atoms with Crippen LogP contribution >= 0.6 is 21.6 Å². The fourth-order valence-electron chi connectivity index (χ4n) is 2.83. The van der Waals surface area contributed by atoms with Gasteiger partial charge < -0.3 is 30.4 Å². The zero-order chi connectivity index (χ0) is 33.7. The van der Waals surface area contributed by atoms with Crippen molar-refractivity contribution in [1.29, 1.82) is 0 Å². The summed E-state index contributed by atoms with van der Waals surface area (Å²) in [5, 5.41) is 2.75. The molecule has 9 heteroatoms. The van der Waals surface area contributed by atoms with Crippen LogP contribution in [0.1, 0.15) is 67.2 Å². The quantitative estimate of drug-likeness (QED) is 0.0477. The Morgan fingerprint density at radius 1 is 1.02 bits per heavy atom. The number of hydrogen-bond acceptors (Lipinski definition) is 9. The third-order valence-corrected chi connectivity index (χ3v) is 7.69. The Morgan fingerprint density at radius 3 is 1.91 bits per heavy atom. The molecule has 0 unspecified atom stereocenters. The molecule has 3 N–H and O–H groups in total. The predicted molar refractivity (Wildman–Crippen MR) is 198 cm³/mol. The number of nitrogens with zero attached hydrogens (tertiary/aromatic N) is 2. The van der Waals surface area contributed by atoms with Gasteiger partial charge in [0.25, 0.3) is 0 Å². The lowest BCUT2D eigenvalue weighted by atomic mass is 10.2. The maximum atomic E-state index is 10.7. The van der Waals surface area contributed by atoms with Crippen molar-refractivity contribution in [2.24, 2.45) is 0 Å². The van der Waals surface area contributed by atoms with E-state index in [1.165, 1.54) is 18.4 Å². The molecule has 0 saturated carbocycles. The zero-order valence-electron chi connectivity index (χ0n) is 29.0. The summed E-state index contributed by atoms with van der Waals surface area (Å²) in [5.74, 6) is 1.82. The number of anilines is 2. The predicted octanol–water partition coefficient (Wildman–Crippen LogP) is 7.90. The van der Waals surface area contributed by atoms with Gasteiger partial charge in [-0.3, -0.25) is 4.79 Å². The summed E-state index contributed by atoms with van der Waals surface area (Å²) in [6.07, 6.45) is 11.8. The van der Waals surface area contributed by atoms with Gasteiger partial charge in [-0.25, -0.2) is 0 Å². The second-order valence-corrected chi connectivity index (χ2v) is 11.7. The van der Waals surface area contributed by atoms with Gasteiger partial charge in [0.2, 0.25) is 0 Å². The maximum absolute atomic E-state index is 10.7. The van der Waals surface area contributed by atoms with Crippen LogP contribution in [-0.4, -0.2) is 83.1 Å². The summed E-state index contributed by atoms with van der Waals surface area (Å²) in [6, 6.07) is 8.13. The SMILES string of the molecule is C/C=C(C)\C=C\C.C=CC.CC.CN1CCN(c2ccc(N)cc2)CC1.CNC.COC(=O)CCCSSCCCC=O. The third-order valence-electron chi connectivity index (χ3n) is 5.12. The molecule has 2 rings (SSSR count). The fraction of sp³-hybridized carbons (Fsp3) is 0.588. The number of allylic oxidation sites excluding steroid dienone is 5. The van der Waals surface area contributed by atoms with Gasteiger partial charge in [-0.1, -0.05) is 65.3 Å².